The summed E-state index contributed by atoms with van der Waals surface area (Å²) >= 11 is 5.67. The minimum Gasteiger partial charge on any atom is -0.334 e. The lowest BCUT2D eigenvalue weighted by molar-refractivity contribution is 0.512. The molecule has 0 fully saturated rings. The molecular weight excluding hydrogens is 195 g/mol. The van der Waals surface area contributed by atoms with Crippen LogP contribution in [-0.4, -0.2) is 9.55 Å². The molecule has 1 heterocycles. The summed E-state index contributed by atoms with van der Waals surface area (Å²) < 4.78 is 2.09. The maximum absolute atomic E-state index is 5.67. The first-order valence-electron chi connectivity index (χ1n) is 3.80. The minimum absolute atomic E-state index is 0. The van der Waals surface area contributed by atoms with Crippen molar-refractivity contribution in [2.75, 3.05) is 0 Å². The predicted molar refractivity (Wildman–Crippen MR) is 53.9 cm³/mol. The van der Waals surface area contributed by atoms with E-state index in [1.165, 1.54) is 0 Å². The van der Waals surface area contributed by atoms with E-state index in [1.54, 1.807) is 6.20 Å². The summed E-state index contributed by atoms with van der Waals surface area (Å²) in [6.45, 7) is 5.36. The average molecular weight is 209 g/mol. The summed E-state index contributed by atoms with van der Waals surface area (Å²) in [5.41, 5.74) is 0. The molecule has 0 spiro atoms. The van der Waals surface area contributed by atoms with Crippen molar-refractivity contribution in [3.8, 4) is 0 Å². The fraction of sp³-hybridized carbons (Fsp3) is 0.625. The predicted octanol–water partition coefficient (Wildman–Crippen LogP) is 2.70. The summed E-state index contributed by atoms with van der Waals surface area (Å²) in [4.78, 5) is 4.12. The number of rotatable bonds is 3. The zero-order valence-electron chi connectivity index (χ0n) is 7.33. The van der Waals surface area contributed by atoms with Gasteiger partial charge in [0.05, 0.1) is 5.88 Å². The first kappa shape index (κ1) is 11.8. The summed E-state index contributed by atoms with van der Waals surface area (Å²) in [5, 5.41) is 0. The third-order valence-electron chi connectivity index (χ3n) is 1.48. The molecule has 1 aromatic rings. The van der Waals surface area contributed by atoms with Gasteiger partial charge in [0, 0.05) is 18.9 Å². The quantitative estimate of drug-likeness (QED) is 0.700. The summed E-state index contributed by atoms with van der Waals surface area (Å²) in [7, 11) is 0. The van der Waals surface area contributed by atoms with Crippen LogP contribution in [0, 0.1) is 5.92 Å². The molecule has 4 heteroatoms. The van der Waals surface area contributed by atoms with Gasteiger partial charge < -0.3 is 4.57 Å². The second kappa shape index (κ2) is 5.44. The normalized spacial score (nSPS) is 10.0. The van der Waals surface area contributed by atoms with Crippen molar-refractivity contribution in [2.45, 2.75) is 26.3 Å². The van der Waals surface area contributed by atoms with Crippen LogP contribution in [0.4, 0.5) is 0 Å². The van der Waals surface area contributed by atoms with Crippen LogP contribution >= 0.6 is 24.0 Å². The smallest absolute Gasteiger partial charge is 0.123 e. The van der Waals surface area contributed by atoms with Gasteiger partial charge in [-0.3, -0.25) is 0 Å². The largest absolute Gasteiger partial charge is 0.334 e. The van der Waals surface area contributed by atoms with E-state index >= 15 is 0 Å². The highest BCUT2D eigenvalue weighted by molar-refractivity contribution is 6.16. The second-order valence-electron chi connectivity index (χ2n) is 3.02. The Bertz CT molecular complexity index is 221. The number of alkyl halides is 1. The molecule has 1 rings (SSSR count). The molecule has 0 amide bonds. The number of hydrogen-bond donors (Lipinski definition) is 0. The van der Waals surface area contributed by atoms with Crippen molar-refractivity contribution in [1.29, 1.82) is 0 Å². The molecule has 0 aliphatic heterocycles. The molecule has 0 saturated heterocycles. The lowest BCUT2D eigenvalue weighted by atomic mass is 10.2. The molecule has 0 aliphatic rings. The second-order valence-corrected chi connectivity index (χ2v) is 3.29. The fourth-order valence-electron chi connectivity index (χ4n) is 1.03. The standard InChI is InChI=1S/C8H13ClN2.ClH/c1-7(2)6-11-4-3-10-8(11)5-9;/h3-4,7H,5-6H2,1-2H3;1H. The van der Waals surface area contributed by atoms with Crippen LogP contribution in [0.3, 0.4) is 0 Å². The zero-order chi connectivity index (χ0) is 8.27. The van der Waals surface area contributed by atoms with Gasteiger partial charge in [0.15, 0.2) is 0 Å². The molecule has 0 unspecified atom stereocenters. The van der Waals surface area contributed by atoms with Crippen LogP contribution in [0.15, 0.2) is 12.4 Å². The minimum atomic E-state index is 0. The van der Waals surface area contributed by atoms with Crippen molar-refractivity contribution < 1.29 is 0 Å². The van der Waals surface area contributed by atoms with Gasteiger partial charge in [0.25, 0.3) is 0 Å². The van der Waals surface area contributed by atoms with E-state index in [0.717, 1.165) is 12.4 Å². The highest BCUT2D eigenvalue weighted by atomic mass is 35.5. The van der Waals surface area contributed by atoms with Gasteiger partial charge in [-0.1, -0.05) is 13.8 Å². The molecule has 70 valence electrons. The molecule has 1 aromatic heterocycles. The van der Waals surface area contributed by atoms with Crippen LogP contribution in [0.25, 0.3) is 0 Å². The first-order chi connectivity index (χ1) is 5.24. The van der Waals surface area contributed by atoms with E-state index in [-0.39, 0.29) is 12.4 Å². The third kappa shape index (κ3) is 3.03. The van der Waals surface area contributed by atoms with Crippen LogP contribution in [0.1, 0.15) is 19.7 Å². The summed E-state index contributed by atoms with van der Waals surface area (Å²) in [6.07, 6.45) is 3.76. The maximum Gasteiger partial charge on any atom is 0.123 e. The van der Waals surface area contributed by atoms with E-state index in [0.29, 0.717) is 11.8 Å². The first-order valence-corrected chi connectivity index (χ1v) is 4.33. The van der Waals surface area contributed by atoms with Crippen molar-refractivity contribution in [1.82, 2.24) is 9.55 Å². The monoisotopic (exact) mass is 208 g/mol. The van der Waals surface area contributed by atoms with E-state index in [2.05, 4.69) is 23.4 Å². The van der Waals surface area contributed by atoms with Crippen molar-refractivity contribution in [3.63, 3.8) is 0 Å². The molecule has 2 nitrogen and oxygen atoms in total. The van der Waals surface area contributed by atoms with Crippen LogP contribution in [0.2, 0.25) is 0 Å². The molecule has 12 heavy (non-hydrogen) atoms. The van der Waals surface area contributed by atoms with Gasteiger partial charge in [0.1, 0.15) is 5.82 Å². The molecule has 0 radical (unpaired) electrons. The Labute approximate surface area is 84.4 Å². The molecule has 0 N–H and O–H groups in total. The van der Waals surface area contributed by atoms with Crippen LogP contribution in [-0.2, 0) is 12.4 Å². The average Bonchev–Trinajstić information content (AvgIpc) is 2.34. The lowest BCUT2D eigenvalue weighted by Crippen LogP contribution is -2.06. The number of aromatic nitrogens is 2. The Balaban J connectivity index is 0.00000121. The van der Waals surface area contributed by atoms with Crippen molar-refractivity contribution in [3.05, 3.63) is 18.2 Å². The van der Waals surface area contributed by atoms with E-state index < -0.39 is 0 Å². The van der Waals surface area contributed by atoms with Gasteiger partial charge in [-0.2, -0.15) is 0 Å². The maximum atomic E-state index is 5.67. The molecule has 0 bridgehead atoms. The Morgan fingerprint density at radius 1 is 1.58 bits per heavy atom. The summed E-state index contributed by atoms with van der Waals surface area (Å²) in [6, 6.07) is 0. The highest BCUT2D eigenvalue weighted by Crippen LogP contribution is 2.05. The fourth-order valence-corrected chi connectivity index (χ4v) is 1.25. The van der Waals surface area contributed by atoms with Gasteiger partial charge in [-0.25, -0.2) is 4.98 Å². The van der Waals surface area contributed by atoms with Crippen LogP contribution < -0.4 is 0 Å². The lowest BCUT2D eigenvalue weighted by Gasteiger charge is -2.07. The molecule has 0 aromatic carbocycles. The van der Waals surface area contributed by atoms with E-state index in [4.69, 9.17) is 11.6 Å². The van der Waals surface area contributed by atoms with Crippen molar-refractivity contribution in [2.24, 2.45) is 5.92 Å². The Morgan fingerprint density at radius 2 is 2.25 bits per heavy atom. The van der Waals surface area contributed by atoms with E-state index in [1.807, 2.05) is 6.20 Å². The molecule has 0 atom stereocenters. The van der Waals surface area contributed by atoms with Gasteiger partial charge in [0.2, 0.25) is 0 Å². The summed E-state index contributed by atoms with van der Waals surface area (Å²) in [5.74, 6) is 2.10. The number of nitrogens with zero attached hydrogens (tertiary/aromatic N) is 2. The molecular formula is C8H14Cl2N2. The van der Waals surface area contributed by atoms with Gasteiger partial charge in [-0.15, -0.1) is 24.0 Å². The Kier molecular flexibility index (Phi) is 5.34. The van der Waals surface area contributed by atoms with Crippen molar-refractivity contribution >= 4 is 24.0 Å². The SMILES string of the molecule is CC(C)Cn1ccnc1CCl.Cl. The third-order valence-corrected chi connectivity index (χ3v) is 1.72. The number of hydrogen-bond acceptors (Lipinski definition) is 1. The molecule has 0 aliphatic carbocycles. The van der Waals surface area contributed by atoms with Gasteiger partial charge in [-0.05, 0) is 5.92 Å². The van der Waals surface area contributed by atoms with Gasteiger partial charge >= 0.3 is 0 Å². The highest BCUT2D eigenvalue weighted by Gasteiger charge is 2.01. The zero-order valence-corrected chi connectivity index (χ0v) is 8.90. The topological polar surface area (TPSA) is 17.8 Å². The Morgan fingerprint density at radius 3 is 2.75 bits per heavy atom. The molecule has 0 saturated carbocycles. The number of imidazole rings is 1. The van der Waals surface area contributed by atoms with Crippen LogP contribution in [0.5, 0.6) is 0 Å². The number of halogens is 2. The Hall–Kier alpha value is -0.210. The van der Waals surface area contributed by atoms with E-state index in [9.17, 15) is 0 Å².